The molecule has 0 unspecified atom stereocenters. The molecule has 1 saturated heterocycles. The molecule has 1 N–H and O–H groups in total. The Kier molecular flexibility index (Phi) is 4.33. The van der Waals surface area contributed by atoms with E-state index >= 15 is 0 Å². The molecule has 2 aromatic rings. The van der Waals surface area contributed by atoms with Gasteiger partial charge in [-0.15, -0.1) is 5.10 Å². The van der Waals surface area contributed by atoms with Crippen molar-refractivity contribution in [1.82, 2.24) is 9.78 Å². The zero-order valence-electron chi connectivity index (χ0n) is 11.1. The fraction of sp³-hybridized carbons (Fsp3) is 0.429. The third-order valence-electron chi connectivity index (χ3n) is 3.63. The van der Waals surface area contributed by atoms with E-state index in [0.29, 0.717) is 10.7 Å². The lowest BCUT2D eigenvalue weighted by molar-refractivity contribution is -0.928. The Hall–Kier alpha value is -0.980. The molecule has 0 amide bonds. The van der Waals surface area contributed by atoms with E-state index in [4.69, 9.17) is 16.6 Å². The first-order valence-electron chi connectivity index (χ1n) is 6.90. The summed E-state index contributed by atoms with van der Waals surface area (Å²) in [6.45, 7) is 3.20. The van der Waals surface area contributed by atoms with E-state index in [1.54, 1.807) is 0 Å². The minimum atomic E-state index is 0.459. The molecule has 4 nitrogen and oxygen atoms in total. The molecule has 0 radical (unpaired) electrons. The summed E-state index contributed by atoms with van der Waals surface area (Å²) in [6.07, 6.45) is 3.93. The standard InChI is InChI=1S/C14H16BrN3OS/c15-12-6-4-11(5-7-12)13-16-18(14(20)19-13)10-17-8-2-1-3-9-17/h4-7H,1-3,8-10H2/p+1. The fourth-order valence-electron chi connectivity index (χ4n) is 2.54. The molecule has 106 valence electrons. The minimum Gasteiger partial charge on any atom is -0.409 e. The second kappa shape index (κ2) is 6.20. The molecule has 0 atom stereocenters. The van der Waals surface area contributed by atoms with Crippen LogP contribution in [0.1, 0.15) is 19.3 Å². The second-order valence-corrected chi connectivity index (χ2v) is 6.41. The van der Waals surface area contributed by atoms with Gasteiger partial charge in [0.15, 0.2) is 6.67 Å². The highest BCUT2D eigenvalue weighted by atomic mass is 79.9. The molecule has 0 bridgehead atoms. The van der Waals surface area contributed by atoms with Gasteiger partial charge in [-0.25, -0.2) is 0 Å². The van der Waals surface area contributed by atoms with Crippen LogP contribution < -0.4 is 4.90 Å². The number of nitrogens with zero attached hydrogens (tertiary/aromatic N) is 2. The van der Waals surface area contributed by atoms with Crippen LogP contribution in [-0.4, -0.2) is 22.9 Å². The molecule has 1 aliphatic heterocycles. The van der Waals surface area contributed by atoms with Crippen molar-refractivity contribution in [3.05, 3.63) is 33.6 Å². The van der Waals surface area contributed by atoms with Crippen molar-refractivity contribution in [2.45, 2.75) is 25.9 Å². The molecular weight excluding hydrogens is 338 g/mol. The third kappa shape index (κ3) is 3.19. The highest BCUT2D eigenvalue weighted by Crippen LogP contribution is 2.20. The van der Waals surface area contributed by atoms with Gasteiger partial charge in [0.25, 0.3) is 4.84 Å². The predicted molar refractivity (Wildman–Crippen MR) is 83.0 cm³/mol. The summed E-state index contributed by atoms with van der Waals surface area (Å²) in [5.41, 5.74) is 0.951. The molecule has 1 fully saturated rings. The van der Waals surface area contributed by atoms with Gasteiger partial charge in [0.2, 0.25) is 5.89 Å². The number of aromatic nitrogens is 2. The van der Waals surface area contributed by atoms with Crippen LogP contribution >= 0.6 is 28.1 Å². The van der Waals surface area contributed by atoms with Crippen molar-refractivity contribution in [3.8, 4) is 11.5 Å². The predicted octanol–water partition coefficient (Wildman–Crippen LogP) is 2.66. The zero-order chi connectivity index (χ0) is 13.9. The molecule has 1 aromatic heterocycles. The van der Waals surface area contributed by atoms with Crippen LogP contribution in [0.5, 0.6) is 0 Å². The van der Waals surface area contributed by atoms with Crippen molar-refractivity contribution in [2.24, 2.45) is 0 Å². The number of quaternary nitrogens is 1. The van der Waals surface area contributed by atoms with Gasteiger partial charge in [0, 0.05) is 10.0 Å². The van der Waals surface area contributed by atoms with Crippen molar-refractivity contribution >= 4 is 28.1 Å². The van der Waals surface area contributed by atoms with E-state index in [0.717, 1.165) is 16.7 Å². The quantitative estimate of drug-likeness (QED) is 0.860. The van der Waals surface area contributed by atoms with Gasteiger partial charge in [0.1, 0.15) is 0 Å². The summed E-state index contributed by atoms with van der Waals surface area (Å²) in [6, 6.07) is 7.90. The highest BCUT2D eigenvalue weighted by Gasteiger charge is 2.16. The van der Waals surface area contributed by atoms with E-state index in [2.05, 4.69) is 21.0 Å². The van der Waals surface area contributed by atoms with Crippen LogP contribution in [0.3, 0.4) is 0 Å². The summed E-state index contributed by atoms with van der Waals surface area (Å²) >= 11 is 8.70. The van der Waals surface area contributed by atoms with Gasteiger partial charge in [0.05, 0.1) is 13.1 Å². The first kappa shape index (κ1) is 14.0. The van der Waals surface area contributed by atoms with Crippen molar-refractivity contribution < 1.29 is 9.32 Å². The van der Waals surface area contributed by atoms with E-state index in [9.17, 15) is 0 Å². The van der Waals surface area contributed by atoms with Crippen LogP contribution in [0.4, 0.5) is 0 Å². The molecule has 1 aromatic carbocycles. The molecule has 1 aliphatic rings. The van der Waals surface area contributed by atoms with Gasteiger partial charge < -0.3 is 9.32 Å². The second-order valence-electron chi connectivity index (χ2n) is 5.15. The number of benzene rings is 1. The topological polar surface area (TPSA) is 35.4 Å². The highest BCUT2D eigenvalue weighted by molar-refractivity contribution is 9.10. The average molecular weight is 355 g/mol. The molecule has 0 aliphatic carbocycles. The zero-order valence-corrected chi connectivity index (χ0v) is 13.5. The van der Waals surface area contributed by atoms with Gasteiger partial charge in [-0.1, -0.05) is 15.9 Å². The number of hydrogen-bond donors (Lipinski definition) is 1. The van der Waals surface area contributed by atoms with Gasteiger partial charge in [-0.3, -0.25) is 0 Å². The monoisotopic (exact) mass is 354 g/mol. The number of nitrogens with one attached hydrogen (secondary N) is 1. The van der Waals surface area contributed by atoms with Crippen molar-refractivity contribution in [1.29, 1.82) is 0 Å². The molecular formula is C14H17BrN3OS+. The van der Waals surface area contributed by atoms with Gasteiger partial charge in [-0.05, 0) is 55.7 Å². The van der Waals surface area contributed by atoms with Crippen molar-refractivity contribution in [3.63, 3.8) is 0 Å². The lowest BCUT2D eigenvalue weighted by Gasteiger charge is -2.22. The Labute approximate surface area is 131 Å². The number of halogens is 1. The molecule has 2 heterocycles. The molecule has 3 rings (SSSR count). The smallest absolute Gasteiger partial charge is 0.292 e. The number of rotatable bonds is 3. The number of hydrogen-bond acceptors (Lipinski definition) is 3. The molecule has 0 spiro atoms. The largest absolute Gasteiger partial charge is 0.409 e. The van der Waals surface area contributed by atoms with Crippen LogP contribution in [0.15, 0.2) is 33.2 Å². The summed E-state index contributed by atoms with van der Waals surface area (Å²) in [5.74, 6) is 0.596. The Morgan fingerprint density at radius 3 is 2.60 bits per heavy atom. The molecule has 0 saturated carbocycles. The van der Waals surface area contributed by atoms with Crippen molar-refractivity contribution in [2.75, 3.05) is 13.1 Å². The normalized spacial score (nSPS) is 16.4. The summed E-state index contributed by atoms with van der Waals surface area (Å²) in [4.78, 5) is 1.99. The first-order chi connectivity index (χ1) is 9.72. The van der Waals surface area contributed by atoms with E-state index in [1.165, 1.54) is 37.3 Å². The van der Waals surface area contributed by atoms with Gasteiger partial charge in [-0.2, -0.15) is 4.68 Å². The lowest BCUT2D eigenvalue weighted by Crippen LogP contribution is -3.12. The van der Waals surface area contributed by atoms with E-state index in [-0.39, 0.29) is 0 Å². The Balaban J connectivity index is 1.79. The first-order valence-corrected chi connectivity index (χ1v) is 8.10. The maximum atomic E-state index is 5.62. The average Bonchev–Trinajstić information content (AvgIpc) is 2.82. The van der Waals surface area contributed by atoms with Crippen LogP contribution in [0, 0.1) is 4.84 Å². The Morgan fingerprint density at radius 1 is 1.20 bits per heavy atom. The maximum absolute atomic E-state index is 5.62. The van der Waals surface area contributed by atoms with Crippen LogP contribution in [0.2, 0.25) is 0 Å². The summed E-state index contributed by atoms with van der Waals surface area (Å²) < 4.78 is 8.47. The van der Waals surface area contributed by atoms with Crippen LogP contribution in [-0.2, 0) is 6.67 Å². The summed E-state index contributed by atoms with van der Waals surface area (Å²) in [7, 11) is 0. The number of piperidine rings is 1. The molecule has 20 heavy (non-hydrogen) atoms. The lowest BCUT2D eigenvalue weighted by atomic mass is 10.1. The third-order valence-corrected chi connectivity index (χ3v) is 4.45. The molecule has 6 heteroatoms. The number of likely N-dealkylation sites (tertiary alicyclic amines) is 1. The Morgan fingerprint density at radius 2 is 1.90 bits per heavy atom. The van der Waals surface area contributed by atoms with E-state index in [1.807, 2.05) is 28.9 Å². The maximum Gasteiger partial charge on any atom is 0.292 e. The van der Waals surface area contributed by atoms with E-state index < -0.39 is 0 Å². The Bertz CT molecular complexity index is 629. The minimum absolute atomic E-state index is 0.459. The summed E-state index contributed by atoms with van der Waals surface area (Å²) in [5, 5.41) is 4.51. The SMILES string of the molecule is S=c1oc(-c2ccc(Br)cc2)nn1C[NH+]1CCCCC1. The fourth-order valence-corrected chi connectivity index (χ4v) is 2.99. The van der Waals surface area contributed by atoms with Gasteiger partial charge >= 0.3 is 0 Å². The van der Waals surface area contributed by atoms with Crippen LogP contribution in [0.25, 0.3) is 11.5 Å².